The highest BCUT2D eigenvalue weighted by Gasteiger charge is 2.22. The van der Waals surface area contributed by atoms with Gasteiger partial charge in [0.25, 0.3) is 0 Å². The summed E-state index contributed by atoms with van der Waals surface area (Å²) < 4.78 is 2.02. The monoisotopic (exact) mass is 471 g/mol. The molecule has 35 heavy (non-hydrogen) atoms. The summed E-state index contributed by atoms with van der Waals surface area (Å²) in [6, 6.07) is 45.7. The second-order valence-corrected chi connectivity index (χ2v) is 8.73. The van der Waals surface area contributed by atoms with Crippen LogP contribution < -0.4 is 4.68 Å². The Balaban J connectivity index is 1.74. The van der Waals surface area contributed by atoms with E-state index in [1.54, 1.807) is 0 Å². The fourth-order valence-corrected chi connectivity index (χ4v) is 4.29. The number of amidine groups is 1. The number of para-hydroxylation sites is 1. The second kappa shape index (κ2) is 10.9. The first kappa shape index (κ1) is 22.6. The maximum atomic E-state index is 5.09. The first-order valence-electron chi connectivity index (χ1n) is 11.5. The molecule has 5 rings (SSSR count). The zero-order valence-electron chi connectivity index (χ0n) is 19.5. The lowest BCUT2D eigenvalue weighted by Gasteiger charge is -2.18. The molecule has 0 radical (unpaired) electrons. The zero-order valence-corrected chi connectivity index (χ0v) is 20.3. The van der Waals surface area contributed by atoms with Gasteiger partial charge in [0.2, 0.25) is 11.4 Å². The molecular weight excluding hydrogens is 446 g/mol. The summed E-state index contributed by atoms with van der Waals surface area (Å²) in [7, 11) is 0. The molecule has 5 aromatic rings. The summed E-state index contributed by atoms with van der Waals surface area (Å²) >= 11 is 1.53. The van der Waals surface area contributed by atoms with Crippen LogP contribution in [-0.2, 0) is 0 Å². The molecule has 0 spiro atoms. The fraction of sp³-hybridized carbons (Fsp3) is 0.0323. The van der Waals surface area contributed by atoms with Crippen LogP contribution in [0.2, 0.25) is 0 Å². The van der Waals surface area contributed by atoms with Gasteiger partial charge in [0.15, 0.2) is 0 Å². The number of pyridine rings is 1. The van der Waals surface area contributed by atoms with Crippen LogP contribution >= 0.6 is 11.8 Å². The number of rotatable bonds is 5. The van der Waals surface area contributed by atoms with E-state index < -0.39 is 0 Å². The molecule has 0 N–H and O–H groups in total. The molecule has 0 atom stereocenters. The largest absolute Gasteiger partial charge is 0.426 e. The van der Waals surface area contributed by atoms with Gasteiger partial charge >= 0.3 is 0 Å². The van der Waals surface area contributed by atoms with Crippen LogP contribution in [-0.4, -0.2) is 11.4 Å². The third kappa shape index (κ3) is 5.34. The minimum Gasteiger partial charge on any atom is -0.426 e. The predicted octanol–water partition coefficient (Wildman–Crippen LogP) is 8.16. The summed E-state index contributed by atoms with van der Waals surface area (Å²) in [5.74, 6) is 0. The van der Waals surface area contributed by atoms with E-state index in [-0.39, 0.29) is 0 Å². The van der Waals surface area contributed by atoms with Crippen LogP contribution in [0.15, 0.2) is 138 Å². The number of hydrogen-bond acceptors (Lipinski definition) is 2. The molecule has 170 valence electrons. The van der Waals surface area contributed by atoms with Gasteiger partial charge < -0.3 is 4.99 Å². The van der Waals surface area contributed by atoms with E-state index in [1.165, 1.54) is 11.8 Å². The number of benzene rings is 4. The Morgan fingerprint density at radius 1 is 0.571 bits per heavy atom. The molecular formula is C31H25N3S. The van der Waals surface area contributed by atoms with Crippen molar-refractivity contribution in [3.05, 3.63) is 139 Å². The van der Waals surface area contributed by atoms with E-state index in [1.807, 2.05) is 59.5 Å². The molecule has 0 unspecified atom stereocenters. The molecule has 0 aliphatic heterocycles. The molecule has 0 saturated carbocycles. The molecule has 4 heteroatoms. The van der Waals surface area contributed by atoms with Crippen molar-refractivity contribution in [1.29, 1.82) is 0 Å². The summed E-state index contributed by atoms with van der Waals surface area (Å²) in [4.78, 5) is 4.81. The van der Waals surface area contributed by atoms with Crippen molar-refractivity contribution in [3.8, 4) is 33.6 Å². The lowest BCUT2D eigenvalue weighted by atomic mass is 10.00. The average molecular weight is 472 g/mol. The van der Waals surface area contributed by atoms with Crippen LogP contribution in [0.3, 0.4) is 0 Å². The highest BCUT2D eigenvalue weighted by Crippen LogP contribution is 2.30. The maximum absolute atomic E-state index is 5.09. The Bertz CT molecular complexity index is 1360. The van der Waals surface area contributed by atoms with Gasteiger partial charge in [-0.15, -0.1) is 16.4 Å². The topological polar surface area (TPSA) is 30.3 Å². The number of hydrogen-bond donors (Lipinski definition) is 0. The smallest absolute Gasteiger partial charge is 0.226 e. The molecule has 3 nitrogen and oxygen atoms in total. The molecule has 1 aromatic heterocycles. The van der Waals surface area contributed by atoms with Crippen molar-refractivity contribution in [3.63, 3.8) is 0 Å². The van der Waals surface area contributed by atoms with Gasteiger partial charge in [-0.2, -0.15) is 5.43 Å². The Morgan fingerprint density at radius 3 is 1.46 bits per heavy atom. The minimum atomic E-state index is 0.683. The number of aromatic nitrogens is 1. The van der Waals surface area contributed by atoms with Crippen LogP contribution in [0.1, 0.15) is 0 Å². The SMILES string of the molecule is CSC(=Nc1ccccc1)[N-][n+]1c(-c2ccccc2)cc(-c2ccccc2)cc1-c1ccccc1. The number of aliphatic imine (C=N–C) groups is 1. The van der Waals surface area contributed by atoms with Crippen molar-refractivity contribution >= 4 is 22.6 Å². The lowest BCUT2D eigenvalue weighted by molar-refractivity contribution is -0.593. The first-order valence-corrected chi connectivity index (χ1v) is 12.7. The summed E-state index contributed by atoms with van der Waals surface area (Å²) in [6.07, 6.45) is 2.01. The van der Waals surface area contributed by atoms with Gasteiger partial charge in [0.1, 0.15) is 0 Å². The van der Waals surface area contributed by atoms with Crippen molar-refractivity contribution in [2.45, 2.75) is 0 Å². The Hall–Kier alpha value is -4.15. The molecule has 0 aliphatic rings. The minimum absolute atomic E-state index is 0.683. The predicted molar refractivity (Wildman–Crippen MR) is 149 cm³/mol. The van der Waals surface area contributed by atoms with E-state index in [0.29, 0.717) is 5.17 Å². The number of nitrogens with zero attached hydrogens (tertiary/aromatic N) is 3. The summed E-state index contributed by atoms with van der Waals surface area (Å²) in [5.41, 5.74) is 12.5. The van der Waals surface area contributed by atoms with Crippen LogP contribution in [0.5, 0.6) is 0 Å². The zero-order chi connectivity index (χ0) is 23.9. The van der Waals surface area contributed by atoms with Crippen LogP contribution in [0.4, 0.5) is 5.69 Å². The van der Waals surface area contributed by atoms with Crippen molar-refractivity contribution in [2.75, 3.05) is 6.26 Å². The fourth-order valence-electron chi connectivity index (χ4n) is 3.93. The van der Waals surface area contributed by atoms with Crippen molar-refractivity contribution in [2.24, 2.45) is 4.99 Å². The summed E-state index contributed by atoms with van der Waals surface area (Å²) in [6.45, 7) is 0. The van der Waals surface area contributed by atoms with E-state index in [0.717, 1.165) is 39.3 Å². The Labute approximate surface area is 210 Å². The molecule has 0 fully saturated rings. The molecule has 1 heterocycles. The van der Waals surface area contributed by atoms with E-state index in [2.05, 4.69) is 84.9 Å². The van der Waals surface area contributed by atoms with Gasteiger partial charge in [-0.25, -0.2) is 0 Å². The molecule has 4 aromatic carbocycles. The molecule has 0 saturated heterocycles. The molecule has 0 bridgehead atoms. The highest BCUT2D eigenvalue weighted by atomic mass is 32.2. The maximum Gasteiger partial charge on any atom is 0.226 e. The molecule has 0 amide bonds. The molecule has 0 aliphatic carbocycles. The normalized spacial score (nSPS) is 11.3. The number of thioether (sulfide) groups is 1. The second-order valence-electron chi connectivity index (χ2n) is 7.96. The van der Waals surface area contributed by atoms with E-state index in [9.17, 15) is 0 Å². The Kier molecular flexibility index (Phi) is 7.02. The standard InChI is InChI=1S/C31H25N3S/c1-35-31(32-28-20-12-5-13-21-28)33-34-29(25-16-8-3-9-17-25)22-27(24-14-6-2-7-15-24)23-30(34)26-18-10-4-11-19-26/h2-23H,1H3. The average Bonchev–Trinajstić information content (AvgIpc) is 2.94. The van der Waals surface area contributed by atoms with Crippen molar-refractivity contribution < 1.29 is 4.68 Å². The van der Waals surface area contributed by atoms with Gasteiger partial charge in [-0.3, -0.25) is 0 Å². The highest BCUT2D eigenvalue weighted by molar-refractivity contribution is 8.13. The lowest BCUT2D eigenvalue weighted by Crippen LogP contribution is -2.37. The van der Waals surface area contributed by atoms with Gasteiger partial charge in [-0.05, 0) is 47.3 Å². The van der Waals surface area contributed by atoms with Crippen LogP contribution in [0.25, 0.3) is 39.1 Å². The van der Waals surface area contributed by atoms with E-state index in [4.69, 9.17) is 10.4 Å². The Morgan fingerprint density at radius 2 is 1.00 bits per heavy atom. The van der Waals surface area contributed by atoms with Crippen LogP contribution in [0, 0.1) is 0 Å². The third-order valence-corrected chi connectivity index (χ3v) is 6.17. The third-order valence-electron chi connectivity index (χ3n) is 5.64. The van der Waals surface area contributed by atoms with Gasteiger partial charge in [0.05, 0.1) is 0 Å². The van der Waals surface area contributed by atoms with Gasteiger partial charge in [-0.1, -0.05) is 97.1 Å². The van der Waals surface area contributed by atoms with E-state index >= 15 is 0 Å². The van der Waals surface area contributed by atoms with Crippen molar-refractivity contribution in [1.82, 2.24) is 0 Å². The quantitative estimate of drug-likeness (QED) is 0.144. The summed E-state index contributed by atoms with van der Waals surface area (Å²) in [5, 5.41) is 0.683. The first-order chi connectivity index (χ1) is 17.3. The van der Waals surface area contributed by atoms with Gasteiger partial charge in [0, 0.05) is 28.4 Å².